The number of nitrogens with zero attached hydrogens (tertiary/aromatic N) is 6. The number of anilines is 1. The minimum Gasteiger partial charge on any atom is -0.444 e. The van der Waals surface area contributed by atoms with E-state index in [2.05, 4.69) is 26.0 Å². The van der Waals surface area contributed by atoms with Gasteiger partial charge in [-0.1, -0.05) is 0 Å². The van der Waals surface area contributed by atoms with Crippen LogP contribution in [-0.4, -0.2) is 62.4 Å². The summed E-state index contributed by atoms with van der Waals surface area (Å²) in [6.07, 6.45) is 11.1. The van der Waals surface area contributed by atoms with Crippen LogP contribution < -0.4 is 10.9 Å². The van der Waals surface area contributed by atoms with Crippen LogP contribution in [0.15, 0.2) is 41.2 Å². The Morgan fingerprint density at radius 2 is 2.23 bits per heavy atom. The monoisotopic (exact) mass is 414 g/mol. The van der Waals surface area contributed by atoms with Gasteiger partial charge in [0.25, 0.3) is 0 Å². The molecule has 0 saturated carbocycles. The van der Waals surface area contributed by atoms with Gasteiger partial charge in [0.15, 0.2) is 0 Å². The summed E-state index contributed by atoms with van der Waals surface area (Å²) >= 11 is 0. The fourth-order valence-electron chi connectivity index (χ4n) is 3.75. The van der Waals surface area contributed by atoms with Crippen molar-refractivity contribution in [3.63, 3.8) is 0 Å². The van der Waals surface area contributed by atoms with Crippen molar-refractivity contribution in [3.8, 4) is 0 Å². The van der Waals surface area contributed by atoms with Crippen LogP contribution in [0.25, 0.3) is 0 Å². The zero-order valence-corrected chi connectivity index (χ0v) is 18.0. The molecule has 1 saturated heterocycles. The van der Waals surface area contributed by atoms with Crippen molar-refractivity contribution in [2.75, 3.05) is 25.1 Å². The molecule has 30 heavy (non-hydrogen) atoms. The molecular weight excluding hydrogens is 384 g/mol. The minimum atomic E-state index is -0.477. The number of ether oxygens (including phenoxy) is 1. The van der Waals surface area contributed by atoms with Crippen LogP contribution in [0.3, 0.4) is 0 Å². The first-order valence-electron chi connectivity index (χ1n) is 10.3. The van der Waals surface area contributed by atoms with Crippen molar-refractivity contribution in [2.24, 2.45) is 18.0 Å². The maximum absolute atomic E-state index is 12.5. The van der Waals surface area contributed by atoms with Gasteiger partial charge >= 0.3 is 6.09 Å². The normalized spacial score (nSPS) is 21.1. The molecule has 4 heterocycles. The zero-order valence-electron chi connectivity index (χ0n) is 18.0. The summed E-state index contributed by atoms with van der Waals surface area (Å²) in [5.74, 6) is 0.345. The van der Waals surface area contributed by atoms with Gasteiger partial charge in [-0.2, -0.15) is 5.10 Å². The Labute approximate surface area is 176 Å². The van der Waals surface area contributed by atoms with E-state index in [-0.39, 0.29) is 6.09 Å². The first-order chi connectivity index (χ1) is 14.3. The number of hydrogen-bond donors (Lipinski definition) is 2. The number of aromatic nitrogens is 2. The van der Waals surface area contributed by atoms with E-state index in [1.54, 1.807) is 17.2 Å². The van der Waals surface area contributed by atoms with Crippen molar-refractivity contribution in [1.82, 2.24) is 30.1 Å². The molecule has 10 nitrogen and oxygen atoms in total. The van der Waals surface area contributed by atoms with Crippen molar-refractivity contribution >= 4 is 18.1 Å². The predicted octanol–water partition coefficient (Wildman–Crippen LogP) is 2.24. The maximum Gasteiger partial charge on any atom is 0.410 e. The Hall–Kier alpha value is -3.17. The van der Waals surface area contributed by atoms with Gasteiger partial charge in [-0.25, -0.2) is 14.8 Å². The highest BCUT2D eigenvalue weighted by Crippen LogP contribution is 2.27. The van der Waals surface area contributed by atoms with Crippen LogP contribution >= 0.6 is 0 Å². The van der Waals surface area contributed by atoms with E-state index in [4.69, 9.17) is 4.74 Å². The van der Waals surface area contributed by atoms with Crippen LogP contribution in [0.1, 0.15) is 33.6 Å². The second-order valence-corrected chi connectivity index (χ2v) is 8.88. The van der Waals surface area contributed by atoms with Gasteiger partial charge in [0, 0.05) is 39.1 Å². The standard InChI is InChI=1S/C20H30N8O2/c1-20(2,3)30-19(29)26-7-5-6-15(10-26)11-28-18-13-27(14-21-17(18)9-23-28)24-16-8-22-25(4)12-16/h8-9,12-15,23-24H,5-7,10-11H2,1-4H3. The number of rotatable bonds is 4. The Bertz CT molecular complexity index is 882. The van der Waals surface area contributed by atoms with Crippen LogP contribution in [0, 0.1) is 5.92 Å². The first-order valence-corrected chi connectivity index (χ1v) is 10.3. The van der Waals surface area contributed by atoms with Crippen molar-refractivity contribution in [3.05, 3.63) is 36.2 Å². The predicted molar refractivity (Wildman–Crippen MR) is 114 cm³/mol. The second kappa shape index (κ2) is 7.92. The van der Waals surface area contributed by atoms with E-state index in [1.807, 2.05) is 56.3 Å². The molecule has 1 fully saturated rings. The Morgan fingerprint density at radius 1 is 1.40 bits per heavy atom. The van der Waals surface area contributed by atoms with E-state index in [1.165, 1.54) is 0 Å². The molecular formula is C20H30N8O2. The largest absolute Gasteiger partial charge is 0.444 e. The number of hydrogen-bond acceptors (Lipinski definition) is 8. The lowest BCUT2D eigenvalue weighted by Gasteiger charge is -2.36. The number of carbonyl (C=O) groups is 1. The van der Waals surface area contributed by atoms with E-state index >= 15 is 0 Å². The van der Waals surface area contributed by atoms with Gasteiger partial charge in [0.1, 0.15) is 23.3 Å². The van der Waals surface area contributed by atoms with E-state index < -0.39 is 5.60 Å². The Kier molecular flexibility index (Phi) is 5.31. The molecule has 1 unspecified atom stereocenters. The topological polar surface area (TPSA) is 90.3 Å². The summed E-state index contributed by atoms with van der Waals surface area (Å²) in [5.41, 5.74) is 8.84. The lowest BCUT2D eigenvalue weighted by atomic mass is 9.98. The van der Waals surface area contributed by atoms with E-state index in [0.717, 1.165) is 43.0 Å². The molecule has 4 rings (SSSR count). The first kappa shape index (κ1) is 20.1. The van der Waals surface area contributed by atoms with Gasteiger partial charge < -0.3 is 15.1 Å². The summed E-state index contributed by atoms with van der Waals surface area (Å²) < 4.78 is 7.29. The highest BCUT2D eigenvalue weighted by Gasteiger charge is 2.31. The summed E-state index contributed by atoms with van der Waals surface area (Å²) in [7, 11) is 1.88. The molecule has 1 amide bonds. The third-order valence-electron chi connectivity index (χ3n) is 5.07. The number of carbonyl (C=O) groups excluding carboxylic acids is 1. The highest BCUT2D eigenvalue weighted by atomic mass is 16.6. The van der Waals surface area contributed by atoms with Gasteiger partial charge in [-0.05, 0) is 39.5 Å². The minimum absolute atomic E-state index is 0.228. The third kappa shape index (κ3) is 4.69. The second-order valence-electron chi connectivity index (χ2n) is 8.88. The van der Waals surface area contributed by atoms with E-state index in [0.29, 0.717) is 12.5 Å². The molecule has 3 aliphatic rings. The fraction of sp³-hybridized carbons (Fsp3) is 0.550. The van der Waals surface area contributed by atoms with Gasteiger partial charge in [0.05, 0.1) is 18.1 Å². The molecule has 1 atom stereocenters. The molecule has 10 heteroatoms. The zero-order chi connectivity index (χ0) is 21.3. The number of piperidine rings is 1. The summed E-state index contributed by atoms with van der Waals surface area (Å²) in [6.45, 7) is 7.91. The molecule has 3 aliphatic heterocycles. The van der Waals surface area contributed by atoms with Crippen LogP contribution in [0.5, 0.6) is 0 Å². The number of amides is 1. The summed E-state index contributed by atoms with van der Waals surface area (Å²) in [6, 6.07) is 0. The third-order valence-corrected chi connectivity index (χ3v) is 5.07. The summed E-state index contributed by atoms with van der Waals surface area (Å²) in [5, 5.41) is 8.08. The number of aliphatic imine (C=N–C) groups is 1. The quantitative estimate of drug-likeness (QED) is 0.781. The van der Waals surface area contributed by atoms with Crippen LogP contribution in [0.4, 0.5) is 10.5 Å². The van der Waals surface area contributed by atoms with Crippen molar-refractivity contribution in [1.29, 1.82) is 0 Å². The maximum atomic E-state index is 12.5. The number of fused-ring (bicyclic) bond motifs is 1. The van der Waals surface area contributed by atoms with Gasteiger partial charge in [-0.15, -0.1) is 0 Å². The van der Waals surface area contributed by atoms with E-state index in [9.17, 15) is 4.79 Å². The average Bonchev–Trinajstić information content (AvgIpc) is 3.27. The van der Waals surface area contributed by atoms with Gasteiger partial charge in [0.2, 0.25) is 0 Å². The lowest BCUT2D eigenvalue weighted by Crippen LogP contribution is -2.46. The molecule has 1 aromatic heterocycles. The number of nitrogens with one attached hydrogen (secondary N) is 2. The van der Waals surface area contributed by atoms with Crippen LogP contribution in [0.2, 0.25) is 0 Å². The molecule has 1 aromatic rings. The molecule has 0 spiro atoms. The molecule has 0 bridgehead atoms. The molecule has 2 N–H and O–H groups in total. The molecule has 0 aliphatic carbocycles. The van der Waals surface area contributed by atoms with Crippen molar-refractivity contribution < 1.29 is 9.53 Å². The summed E-state index contributed by atoms with van der Waals surface area (Å²) in [4.78, 5) is 18.8. The molecule has 162 valence electrons. The average molecular weight is 415 g/mol. The molecule has 0 radical (unpaired) electrons. The lowest BCUT2D eigenvalue weighted by molar-refractivity contribution is 0.0147. The number of aryl methyl sites for hydroxylation is 1. The Morgan fingerprint density at radius 3 is 2.97 bits per heavy atom. The fourth-order valence-corrected chi connectivity index (χ4v) is 3.75. The number of likely N-dealkylation sites (tertiary alicyclic amines) is 1. The van der Waals surface area contributed by atoms with Gasteiger partial charge in [-0.3, -0.25) is 15.1 Å². The van der Waals surface area contributed by atoms with Crippen molar-refractivity contribution in [2.45, 2.75) is 39.2 Å². The smallest absolute Gasteiger partial charge is 0.410 e. The molecule has 0 aromatic carbocycles. The van der Waals surface area contributed by atoms with Crippen LogP contribution in [-0.2, 0) is 11.8 Å². The SMILES string of the molecule is Cn1cc(NN2C=NC3=CNN(CC4CCCN(C(=O)OC(C)(C)C)C4)C3=C2)cn1. The highest BCUT2D eigenvalue weighted by molar-refractivity contribution is 5.68. The number of hydrazine groups is 2. The Balaban J connectivity index is 1.37.